The molecule has 0 amide bonds. The van der Waals surface area contributed by atoms with Gasteiger partial charge in [-0.2, -0.15) is 4.98 Å². The van der Waals surface area contributed by atoms with Gasteiger partial charge in [0, 0.05) is 19.3 Å². The zero-order valence-corrected chi connectivity index (χ0v) is 22.6. The Labute approximate surface area is 234 Å². The Hall–Kier alpha value is -3.69. The number of carboxylic acids is 2. The first kappa shape index (κ1) is 30.3. The maximum atomic E-state index is 12.5. The number of aliphatic carboxylic acids is 2. The average molecular weight is 577 g/mol. The fourth-order valence-corrected chi connectivity index (χ4v) is 5.59. The van der Waals surface area contributed by atoms with Crippen LogP contribution in [0.2, 0.25) is 0 Å². The summed E-state index contributed by atoms with van der Waals surface area (Å²) in [6.07, 6.45) is -7.59. The molecule has 41 heavy (non-hydrogen) atoms. The van der Waals surface area contributed by atoms with Crippen LogP contribution < -0.4 is 0 Å². The van der Waals surface area contributed by atoms with Crippen LogP contribution in [0.5, 0.6) is 0 Å². The number of hydrogen-bond donors (Lipinski definition) is 5. The summed E-state index contributed by atoms with van der Waals surface area (Å²) in [7, 11) is 0. The van der Waals surface area contributed by atoms with E-state index in [9.17, 15) is 39.9 Å². The second-order valence-corrected chi connectivity index (χ2v) is 10.4. The fourth-order valence-electron chi connectivity index (χ4n) is 5.59. The minimum Gasteiger partial charge on any atom is -0.479 e. The molecule has 14 nitrogen and oxygen atoms in total. The van der Waals surface area contributed by atoms with Crippen molar-refractivity contribution in [3.8, 4) is 0 Å². The van der Waals surface area contributed by atoms with Crippen LogP contribution in [-0.2, 0) is 35.0 Å². The molecule has 3 heterocycles. The number of ether oxygens (including phenoxy) is 3. The lowest BCUT2D eigenvalue weighted by Gasteiger charge is -2.49. The number of carbonyl (C=O) groups excluding carboxylic acids is 1. The van der Waals surface area contributed by atoms with Gasteiger partial charge in [-0.05, 0) is 30.9 Å². The third-order valence-electron chi connectivity index (χ3n) is 7.58. The Morgan fingerprint density at radius 3 is 2.32 bits per heavy atom. The lowest BCUT2D eigenvalue weighted by Crippen LogP contribution is -2.73. The zero-order chi connectivity index (χ0) is 30.3. The second kappa shape index (κ2) is 10.9. The minimum absolute atomic E-state index is 0.0136. The van der Waals surface area contributed by atoms with Crippen molar-refractivity contribution < 1.29 is 58.6 Å². The summed E-state index contributed by atoms with van der Waals surface area (Å²) in [5, 5.41) is 57.0. The van der Waals surface area contributed by atoms with Gasteiger partial charge in [-0.15, -0.1) is 0 Å². The van der Waals surface area contributed by atoms with Gasteiger partial charge < -0.3 is 44.3 Å². The summed E-state index contributed by atoms with van der Waals surface area (Å²) >= 11 is 0. The molecule has 1 aromatic carbocycles. The van der Waals surface area contributed by atoms with E-state index in [1.165, 1.54) is 13.8 Å². The summed E-state index contributed by atoms with van der Waals surface area (Å²) in [5.74, 6) is -8.02. The average Bonchev–Trinajstić information content (AvgIpc) is 3.43. The number of nitrogens with zero attached hydrogens (tertiary/aromatic N) is 2. The molecule has 2 fully saturated rings. The number of aliphatic hydroxyl groups is 3. The number of aromatic nitrogens is 2. The van der Waals surface area contributed by atoms with Crippen LogP contribution in [0.15, 0.2) is 47.0 Å². The number of carboxylic acid groups (broad SMARTS) is 2. The first-order valence-electron chi connectivity index (χ1n) is 12.8. The Kier molecular flexibility index (Phi) is 8.08. The van der Waals surface area contributed by atoms with Crippen molar-refractivity contribution in [1.82, 2.24) is 10.1 Å². The van der Waals surface area contributed by atoms with Gasteiger partial charge in [0.2, 0.25) is 11.2 Å². The van der Waals surface area contributed by atoms with Crippen molar-refractivity contribution in [3.63, 3.8) is 0 Å². The van der Waals surface area contributed by atoms with Gasteiger partial charge >= 0.3 is 17.9 Å². The quantitative estimate of drug-likeness (QED) is 0.184. The van der Waals surface area contributed by atoms with Gasteiger partial charge in [0.15, 0.2) is 17.7 Å². The summed E-state index contributed by atoms with van der Waals surface area (Å²) in [6.45, 7) is 8.52. The molecule has 0 aliphatic carbocycles. The Morgan fingerprint density at radius 1 is 1.12 bits per heavy atom. The smallest absolute Gasteiger partial charge is 0.342 e. The van der Waals surface area contributed by atoms with E-state index in [-0.39, 0.29) is 18.2 Å². The van der Waals surface area contributed by atoms with Gasteiger partial charge in [-0.3, -0.25) is 4.79 Å². The Bertz CT molecular complexity index is 1330. The number of rotatable bonds is 11. The molecule has 0 radical (unpaired) electrons. The predicted molar refractivity (Wildman–Crippen MR) is 135 cm³/mol. The molecule has 8 atom stereocenters. The Balaban J connectivity index is 1.68. The van der Waals surface area contributed by atoms with Crippen molar-refractivity contribution in [2.45, 2.75) is 81.4 Å². The zero-order valence-electron chi connectivity index (χ0n) is 22.6. The van der Waals surface area contributed by atoms with E-state index < -0.39 is 71.6 Å². The molecule has 2 aliphatic heterocycles. The van der Waals surface area contributed by atoms with Crippen molar-refractivity contribution in [2.24, 2.45) is 5.92 Å². The Morgan fingerprint density at radius 2 is 1.78 bits per heavy atom. The normalized spacial score (nSPS) is 32.2. The number of fused-ring (bicyclic) bond motifs is 2. The topological polar surface area (TPSA) is 219 Å². The molecule has 5 N–H and O–H groups in total. The van der Waals surface area contributed by atoms with E-state index in [4.69, 9.17) is 18.7 Å². The second-order valence-electron chi connectivity index (χ2n) is 10.4. The van der Waals surface area contributed by atoms with Crippen LogP contribution in [0, 0.1) is 12.8 Å². The van der Waals surface area contributed by atoms with Crippen molar-refractivity contribution in [2.75, 3.05) is 0 Å². The standard InChI is InChI=1S/C27H32N2O12/c1-13(18(38-16(4)30)14(2)12-17-8-6-5-7-9-17)10-11-25-19(31)20(32)27(41-25,24(35)36)26(37,23(33)34)21(39-25)22-28-15(3)29-40-22/h5-9,14,18-21,31-32,37H,1,10-12H2,2-4H3,(H,33,34)(H,35,36)/t14-,18-,19-,20-,21-,25-,26-,27-/m1/s1. The molecule has 1 aromatic heterocycles. The molecular formula is C27H32N2O12. The largest absolute Gasteiger partial charge is 0.479 e. The molecule has 4 rings (SSSR count). The summed E-state index contributed by atoms with van der Waals surface area (Å²) in [4.78, 5) is 40.8. The van der Waals surface area contributed by atoms with Gasteiger partial charge in [0.1, 0.15) is 18.3 Å². The van der Waals surface area contributed by atoms with E-state index in [2.05, 4.69) is 16.7 Å². The molecular weight excluding hydrogens is 544 g/mol. The third kappa shape index (κ3) is 4.91. The molecule has 0 unspecified atom stereocenters. The highest BCUT2D eigenvalue weighted by molar-refractivity contribution is 5.93. The molecule has 2 bridgehead atoms. The van der Waals surface area contributed by atoms with E-state index >= 15 is 0 Å². The first-order valence-corrected chi connectivity index (χ1v) is 12.8. The van der Waals surface area contributed by atoms with E-state index in [1.807, 2.05) is 37.3 Å². The molecule has 2 aliphatic rings. The maximum absolute atomic E-state index is 12.5. The highest BCUT2D eigenvalue weighted by Crippen LogP contribution is 2.58. The predicted octanol–water partition coefficient (Wildman–Crippen LogP) is 0.684. The highest BCUT2D eigenvalue weighted by Gasteiger charge is 2.84. The summed E-state index contributed by atoms with van der Waals surface area (Å²) in [5.41, 5.74) is -5.49. The SMILES string of the molecule is C=C(CC[C@@]12O[C@H](c3nc(C)no3)[C@@](O)(C(=O)O)[C@@](C(=O)O)(O1)[C@H](O)[C@H]2O)[C@@H](OC(C)=O)[C@H](C)Cc1ccccc1. The number of esters is 1. The van der Waals surface area contributed by atoms with Crippen LogP contribution in [0.4, 0.5) is 0 Å². The summed E-state index contributed by atoms with van der Waals surface area (Å²) < 4.78 is 21.9. The third-order valence-corrected chi connectivity index (χ3v) is 7.58. The number of carbonyl (C=O) groups is 3. The molecule has 14 heteroatoms. The van der Waals surface area contributed by atoms with Gasteiger partial charge in [0.25, 0.3) is 5.89 Å². The van der Waals surface area contributed by atoms with Gasteiger partial charge in [0.05, 0.1) is 0 Å². The first-order chi connectivity index (χ1) is 19.2. The van der Waals surface area contributed by atoms with Crippen LogP contribution in [-0.4, -0.2) is 88.9 Å². The number of hydrogen-bond acceptors (Lipinski definition) is 12. The van der Waals surface area contributed by atoms with Crippen molar-refractivity contribution in [3.05, 3.63) is 59.8 Å². The molecule has 2 saturated heterocycles. The monoisotopic (exact) mass is 576 g/mol. The molecule has 0 spiro atoms. The lowest BCUT2D eigenvalue weighted by molar-refractivity contribution is -0.385. The van der Waals surface area contributed by atoms with E-state index in [0.717, 1.165) is 5.56 Å². The lowest BCUT2D eigenvalue weighted by atomic mass is 9.74. The van der Waals surface area contributed by atoms with Crippen LogP contribution in [0.3, 0.4) is 0 Å². The van der Waals surface area contributed by atoms with Crippen LogP contribution >= 0.6 is 0 Å². The van der Waals surface area contributed by atoms with Gasteiger partial charge in [-0.1, -0.05) is 49.0 Å². The number of aliphatic hydroxyl groups excluding tert-OH is 2. The molecule has 222 valence electrons. The molecule has 2 aromatic rings. The highest BCUT2D eigenvalue weighted by atomic mass is 16.8. The number of benzene rings is 1. The van der Waals surface area contributed by atoms with Crippen LogP contribution in [0.1, 0.15) is 50.1 Å². The van der Waals surface area contributed by atoms with Gasteiger partial charge in [-0.25, -0.2) is 9.59 Å². The maximum Gasteiger partial charge on any atom is 0.342 e. The van der Waals surface area contributed by atoms with E-state index in [0.29, 0.717) is 12.0 Å². The van der Waals surface area contributed by atoms with Crippen molar-refractivity contribution in [1.29, 1.82) is 0 Å². The number of aryl methyl sites for hydroxylation is 1. The minimum atomic E-state index is -3.51. The fraction of sp³-hybridized carbons (Fsp3) is 0.519. The van der Waals surface area contributed by atoms with Crippen molar-refractivity contribution >= 4 is 17.9 Å². The van der Waals surface area contributed by atoms with E-state index in [1.54, 1.807) is 0 Å². The van der Waals surface area contributed by atoms with Crippen LogP contribution in [0.25, 0.3) is 0 Å². The molecule has 0 saturated carbocycles. The summed E-state index contributed by atoms with van der Waals surface area (Å²) in [6, 6.07) is 9.44.